The smallest absolute Gasteiger partial charge is 0.238 e. The zero-order valence-electron chi connectivity index (χ0n) is 8.67. The molecule has 0 heterocycles. The van der Waals surface area contributed by atoms with Crippen molar-refractivity contribution in [2.24, 2.45) is 0 Å². The molecule has 13 heteroatoms. The molecular weight excluding hydrogens is 331 g/mol. The summed E-state index contributed by atoms with van der Waals surface area (Å²) in [6.07, 6.45) is -0.263. The first-order valence-corrected chi connectivity index (χ1v) is 8.88. The van der Waals surface area contributed by atoms with E-state index in [2.05, 4.69) is 0 Å². The van der Waals surface area contributed by atoms with Crippen molar-refractivity contribution in [3.63, 3.8) is 0 Å². The maximum absolute atomic E-state index is 12.4. The standard InChI is InChI=1S/C5H8F6NO3PS2/c1-2-3-16-18(15,5(9,10)11)12-17(13,14)4(6,7)8/h2-3H2,1H3,(H,12,15). The van der Waals surface area contributed by atoms with Gasteiger partial charge in [0.1, 0.15) is 0 Å². The lowest BCUT2D eigenvalue weighted by atomic mass is 10.6. The maximum atomic E-state index is 12.4. The van der Waals surface area contributed by atoms with Crippen molar-refractivity contribution in [3.05, 3.63) is 0 Å². The summed E-state index contributed by atoms with van der Waals surface area (Å²) in [5.41, 5.74) is -11.6. The molecule has 0 amide bonds. The summed E-state index contributed by atoms with van der Waals surface area (Å²) >= 11 is 0. The van der Waals surface area contributed by atoms with Gasteiger partial charge in [-0.2, -0.15) is 26.3 Å². The van der Waals surface area contributed by atoms with E-state index in [0.717, 1.165) is 0 Å². The Morgan fingerprint density at radius 1 is 1.00 bits per heavy atom. The van der Waals surface area contributed by atoms with Gasteiger partial charge in [-0.15, -0.1) is 4.13 Å². The molecule has 0 saturated carbocycles. The quantitative estimate of drug-likeness (QED) is 0.632. The molecule has 0 aromatic rings. The van der Waals surface area contributed by atoms with Crippen LogP contribution in [0, 0.1) is 0 Å². The molecule has 1 unspecified atom stereocenters. The van der Waals surface area contributed by atoms with Crippen molar-refractivity contribution in [2.45, 2.75) is 24.4 Å². The van der Waals surface area contributed by atoms with E-state index in [9.17, 15) is 39.0 Å². The van der Waals surface area contributed by atoms with E-state index in [4.69, 9.17) is 0 Å². The largest absolute Gasteiger partial charge is 0.512 e. The van der Waals surface area contributed by atoms with E-state index in [1.54, 1.807) is 0 Å². The van der Waals surface area contributed by atoms with Gasteiger partial charge >= 0.3 is 21.0 Å². The molecule has 0 spiro atoms. The minimum atomic E-state index is -6.32. The molecule has 1 atom stereocenters. The van der Waals surface area contributed by atoms with Crippen LogP contribution in [0.3, 0.4) is 0 Å². The summed E-state index contributed by atoms with van der Waals surface area (Å²) < 4.78 is 106. The molecule has 18 heavy (non-hydrogen) atoms. The van der Waals surface area contributed by atoms with E-state index in [1.807, 2.05) is 0 Å². The normalized spacial score (nSPS) is 17.7. The average molecular weight is 339 g/mol. The van der Waals surface area contributed by atoms with Crippen molar-refractivity contribution < 1.29 is 39.0 Å². The monoisotopic (exact) mass is 339 g/mol. The first kappa shape index (κ1) is 17.9. The Kier molecular flexibility index (Phi) is 5.50. The highest BCUT2D eigenvalue weighted by Gasteiger charge is 2.53. The van der Waals surface area contributed by atoms with Gasteiger partial charge in [0.25, 0.3) is 0 Å². The van der Waals surface area contributed by atoms with Crippen LogP contribution < -0.4 is 4.13 Å². The summed E-state index contributed by atoms with van der Waals surface area (Å²) in [6, 6.07) is 0. The summed E-state index contributed by atoms with van der Waals surface area (Å²) in [5, 5.41) is 0. The van der Waals surface area contributed by atoms with Gasteiger partial charge < -0.3 is 0 Å². The Morgan fingerprint density at radius 3 is 1.72 bits per heavy atom. The first-order chi connectivity index (χ1) is 7.77. The fraction of sp³-hybridized carbons (Fsp3) is 1.00. The van der Waals surface area contributed by atoms with Gasteiger partial charge in [-0.3, -0.25) is 0 Å². The molecule has 0 aliphatic rings. The Balaban J connectivity index is 5.67. The highest BCUT2D eigenvalue weighted by atomic mass is 32.5. The van der Waals surface area contributed by atoms with Crippen LogP contribution in [0.1, 0.15) is 13.3 Å². The Morgan fingerprint density at radius 2 is 1.44 bits per heavy atom. The number of rotatable bonds is 4. The van der Waals surface area contributed by atoms with Crippen molar-refractivity contribution in [3.8, 4) is 0 Å². The maximum Gasteiger partial charge on any atom is 0.512 e. The van der Waals surface area contributed by atoms with Gasteiger partial charge in [0.15, 0.2) is 9.30 Å². The van der Waals surface area contributed by atoms with E-state index >= 15 is 0 Å². The van der Waals surface area contributed by atoms with Crippen LogP contribution in [-0.2, 0) is 19.3 Å². The van der Waals surface area contributed by atoms with Crippen molar-refractivity contribution in [1.82, 2.24) is 4.13 Å². The van der Waals surface area contributed by atoms with Crippen LogP contribution in [-0.4, -0.2) is 29.8 Å². The molecule has 0 rings (SSSR count). The Labute approximate surface area is 101 Å². The molecule has 0 aliphatic heterocycles. The third-order valence-corrected chi connectivity index (χ3v) is 8.28. The summed E-state index contributed by atoms with van der Waals surface area (Å²) in [6.45, 7) is 1.40. The number of hydrogen-bond donors (Lipinski definition) is 1. The molecule has 0 aromatic carbocycles. The molecule has 0 bridgehead atoms. The first-order valence-electron chi connectivity index (χ1n) is 4.16. The zero-order chi connectivity index (χ0) is 14.8. The fourth-order valence-corrected chi connectivity index (χ4v) is 6.42. The minimum Gasteiger partial charge on any atom is -0.238 e. The predicted octanol–water partition coefficient (Wildman–Crippen LogP) is 2.42. The van der Waals surface area contributed by atoms with Crippen LogP contribution in [0.5, 0.6) is 0 Å². The van der Waals surface area contributed by atoms with Gasteiger partial charge in [-0.1, -0.05) is 6.92 Å². The van der Waals surface area contributed by atoms with E-state index in [0.29, 0.717) is 0 Å². The van der Waals surface area contributed by atoms with Crippen LogP contribution in [0.15, 0.2) is 0 Å². The van der Waals surface area contributed by atoms with Gasteiger partial charge in [0, 0.05) is 0 Å². The molecule has 0 radical (unpaired) electrons. The third-order valence-electron chi connectivity index (χ3n) is 1.34. The fourth-order valence-electron chi connectivity index (χ4n) is 0.563. The Hall–Kier alpha value is -0.0600. The molecule has 0 saturated heterocycles. The molecule has 110 valence electrons. The second kappa shape index (κ2) is 5.51. The van der Waals surface area contributed by atoms with Gasteiger partial charge in [-0.05, 0) is 19.9 Å². The third kappa shape index (κ3) is 4.25. The van der Waals surface area contributed by atoms with Crippen LogP contribution in [0.25, 0.3) is 0 Å². The molecule has 4 nitrogen and oxygen atoms in total. The van der Waals surface area contributed by atoms with Crippen molar-refractivity contribution >= 4 is 26.7 Å². The number of halogens is 6. The highest BCUT2D eigenvalue weighted by Crippen LogP contribution is 2.33. The second-order valence-corrected chi connectivity index (χ2v) is 9.53. The SMILES string of the molecule is CCCP=S(=O)(NS(=O)(=O)C(F)(F)F)C(F)(F)F. The predicted molar refractivity (Wildman–Crippen MR) is 54.4 cm³/mol. The van der Waals surface area contributed by atoms with Crippen molar-refractivity contribution in [2.75, 3.05) is 6.16 Å². The topological polar surface area (TPSA) is 63.2 Å². The average Bonchev–Trinajstić information content (AvgIpc) is 2.10. The number of hydrogen-bond acceptors (Lipinski definition) is 3. The number of sulfonamides is 1. The van der Waals surface area contributed by atoms with Crippen LogP contribution in [0.4, 0.5) is 26.3 Å². The number of alkyl halides is 6. The zero-order valence-corrected chi connectivity index (χ0v) is 11.2. The molecule has 1 N–H and O–H groups in total. The molecular formula is C5H8F6NO3PS2. The van der Waals surface area contributed by atoms with E-state index in [-0.39, 0.29) is 16.7 Å². The summed E-state index contributed by atoms with van der Waals surface area (Å²) in [7, 11) is -12.7. The lowest BCUT2D eigenvalue weighted by Crippen LogP contribution is -2.44. The molecule has 0 fully saturated rings. The van der Waals surface area contributed by atoms with Gasteiger partial charge in [0.05, 0.1) is 0 Å². The molecule has 0 aromatic heterocycles. The second-order valence-electron chi connectivity index (χ2n) is 2.86. The highest BCUT2D eigenvalue weighted by molar-refractivity contribution is 8.28. The lowest BCUT2D eigenvalue weighted by Gasteiger charge is -2.16. The Bertz CT molecular complexity index is 500. The lowest BCUT2D eigenvalue weighted by molar-refractivity contribution is -0.0456. The number of nitrogens with one attached hydrogen (secondary N) is 1. The van der Waals surface area contributed by atoms with E-state index < -0.39 is 37.7 Å². The minimum absolute atomic E-state index is 0.0996. The van der Waals surface area contributed by atoms with Crippen LogP contribution >= 0.6 is 7.36 Å². The summed E-state index contributed by atoms with van der Waals surface area (Å²) in [4.78, 5) is 0. The van der Waals surface area contributed by atoms with Gasteiger partial charge in [0.2, 0.25) is 0 Å². The van der Waals surface area contributed by atoms with Crippen LogP contribution in [0.2, 0.25) is 0 Å². The molecule has 0 aliphatic carbocycles. The van der Waals surface area contributed by atoms with E-state index in [1.165, 1.54) is 6.92 Å². The van der Waals surface area contributed by atoms with Gasteiger partial charge in [-0.25, -0.2) is 12.6 Å². The van der Waals surface area contributed by atoms with Crippen molar-refractivity contribution in [1.29, 1.82) is 0 Å². The summed E-state index contributed by atoms with van der Waals surface area (Å²) in [5.74, 6) is 0.